The highest BCUT2D eigenvalue weighted by Crippen LogP contribution is 2.18. The van der Waals surface area contributed by atoms with Gasteiger partial charge >= 0.3 is 0 Å². The van der Waals surface area contributed by atoms with Crippen molar-refractivity contribution in [1.29, 1.82) is 0 Å². The molecule has 2 N–H and O–H groups in total. The molecule has 0 radical (unpaired) electrons. The molecule has 1 aromatic heterocycles. The summed E-state index contributed by atoms with van der Waals surface area (Å²) in [4.78, 5) is 13.0. The average molecular weight is 352 g/mol. The van der Waals surface area contributed by atoms with Crippen LogP contribution in [0.5, 0.6) is 0 Å². The van der Waals surface area contributed by atoms with Crippen LogP contribution in [0.15, 0.2) is 4.99 Å². The number of nitrogens with one attached hydrogen (secondary N) is 2. The summed E-state index contributed by atoms with van der Waals surface area (Å²) in [7, 11) is 0. The van der Waals surface area contributed by atoms with Crippen molar-refractivity contribution in [2.24, 2.45) is 10.9 Å². The minimum atomic E-state index is 0.705. The zero-order chi connectivity index (χ0) is 17.4. The molecule has 1 aliphatic heterocycles. The molecule has 0 spiro atoms. The first-order valence-corrected chi connectivity index (χ1v) is 10.1. The maximum Gasteiger partial charge on any atom is 0.191 e. The Morgan fingerprint density at radius 2 is 2.04 bits per heavy atom. The number of hydrogen-bond donors (Lipinski definition) is 2. The van der Waals surface area contributed by atoms with Crippen LogP contribution < -0.4 is 10.6 Å². The third-order valence-electron chi connectivity index (χ3n) is 4.54. The van der Waals surface area contributed by atoms with E-state index in [0.29, 0.717) is 6.54 Å². The van der Waals surface area contributed by atoms with E-state index in [2.05, 4.69) is 48.2 Å². The molecular weight excluding hydrogens is 318 g/mol. The van der Waals surface area contributed by atoms with Gasteiger partial charge in [0.05, 0.1) is 17.2 Å². The number of aryl methyl sites for hydroxylation is 2. The Morgan fingerprint density at radius 1 is 1.29 bits per heavy atom. The van der Waals surface area contributed by atoms with E-state index in [9.17, 15) is 0 Å². The minimum Gasteiger partial charge on any atom is -0.357 e. The lowest BCUT2D eigenvalue weighted by molar-refractivity contribution is 0.191. The Morgan fingerprint density at radius 3 is 2.67 bits per heavy atom. The molecule has 0 bridgehead atoms. The Kier molecular flexibility index (Phi) is 7.99. The standard InChI is InChI=1S/C18H33N5S/c1-5-19-18(21-13-17-15(3)22-16(4)24-17)20-9-6-10-23-11-7-14(2)8-12-23/h14H,5-13H2,1-4H3,(H2,19,20,21). The molecule has 24 heavy (non-hydrogen) atoms. The molecule has 0 atom stereocenters. The SMILES string of the molecule is CCNC(=NCc1sc(C)nc1C)NCCCN1CCC(C)CC1. The van der Waals surface area contributed by atoms with Crippen LogP contribution in [0.3, 0.4) is 0 Å². The van der Waals surface area contributed by atoms with Crippen LogP contribution in [0.2, 0.25) is 0 Å². The van der Waals surface area contributed by atoms with Crippen molar-refractivity contribution in [2.75, 3.05) is 32.7 Å². The molecule has 1 saturated heterocycles. The molecule has 1 aromatic rings. The first-order valence-electron chi connectivity index (χ1n) is 9.26. The Labute approximate surface area is 151 Å². The summed E-state index contributed by atoms with van der Waals surface area (Å²) in [5.41, 5.74) is 1.11. The molecule has 5 nitrogen and oxygen atoms in total. The monoisotopic (exact) mass is 351 g/mol. The molecular formula is C18H33N5S. The third-order valence-corrected chi connectivity index (χ3v) is 5.60. The number of guanidine groups is 1. The van der Waals surface area contributed by atoms with Crippen LogP contribution in [-0.2, 0) is 6.54 Å². The Bertz CT molecular complexity index is 517. The number of thiazole rings is 1. The Hall–Kier alpha value is -1.14. The number of likely N-dealkylation sites (tertiary alicyclic amines) is 1. The van der Waals surface area contributed by atoms with Crippen LogP contribution in [0, 0.1) is 19.8 Å². The van der Waals surface area contributed by atoms with Gasteiger partial charge in [0, 0.05) is 18.0 Å². The fraction of sp³-hybridized carbons (Fsp3) is 0.778. The van der Waals surface area contributed by atoms with Crippen LogP contribution in [0.1, 0.15) is 48.7 Å². The summed E-state index contributed by atoms with van der Waals surface area (Å²) < 4.78 is 0. The quantitative estimate of drug-likeness (QED) is 0.450. The summed E-state index contributed by atoms with van der Waals surface area (Å²) in [5.74, 6) is 1.82. The van der Waals surface area contributed by atoms with Gasteiger partial charge in [-0.2, -0.15) is 0 Å². The van der Waals surface area contributed by atoms with E-state index >= 15 is 0 Å². The largest absolute Gasteiger partial charge is 0.357 e. The molecule has 6 heteroatoms. The van der Waals surface area contributed by atoms with Crippen molar-refractivity contribution in [3.63, 3.8) is 0 Å². The van der Waals surface area contributed by atoms with Gasteiger partial charge < -0.3 is 15.5 Å². The van der Waals surface area contributed by atoms with Crippen LogP contribution in [0.4, 0.5) is 0 Å². The smallest absolute Gasteiger partial charge is 0.191 e. The lowest BCUT2D eigenvalue weighted by Crippen LogP contribution is -2.39. The second-order valence-corrected chi connectivity index (χ2v) is 8.03. The highest BCUT2D eigenvalue weighted by atomic mass is 32.1. The molecule has 136 valence electrons. The van der Waals surface area contributed by atoms with Gasteiger partial charge in [0.1, 0.15) is 0 Å². The predicted octanol–water partition coefficient (Wildman–Crippen LogP) is 2.94. The summed E-state index contributed by atoms with van der Waals surface area (Å²) in [6.45, 7) is 14.9. The van der Waals surface area contributed by atoms with Gasteiger partial charge in [-0.25, -0.2) is 9.98 Å². The fourth-order valence-corrected chi connectivity index (χ4v) is 3.87. The molecule has 2 heterocycles. The third kappa shape index (κ3) is 6.40. The first kappa shape index (κ1) is 19.2. The fourth-order valence-electron chi connectivity index (χ4n) is 3.01. The first-order chi connectivity index (χ1) is 11.6. The van der Waals surface area contributed by atoms with Crippen molar-refractivity contribution in [2.45, 2.75) is 53.5 Å². The highest BCUT2D eigenvalue weighted by molar-refractivity contribution is 7.11. The molecule has 0 saturated carbocycles. The van der Waals surface area contributed by atoms with Gasteiger partial charge in [-0.15, -0.1) is 11.3 Å². The highest BCUT2D eigenvalue weighted by Gasteiger charge is 2.14. The molecule has 1 aliphatic rings. The predicted molar refractivity (Wildman–Crippen MR) is 104 cm³/mol. The van der Waals surface area contributed by atoms with Crippen molar-refractivity contribution >= 4 is 17.3 Å². The summed E-state index contributed by atoms with van der Waals surface area (Å²) >= 11 is 1.74. The number of nitrogens with zero attached hydrogens (tertiary/aromatic N) is 3. The van der Waals surface area contributed by atoms with Crippen molar-refractivity contribution in [1.82, 2.24) is 20.5 Å². The molecule has 1 fully saturated rings. The van der Waals surface area contributed by atoms with E-state index in [1.165, 1.54) is 37.4 Å². The van der Waals surface area contributed by atoms with E-state index in [1.807, 2.05) is 0 Å². The average Bonchev–Trinajstić information content (AvgIpc) is 2.88. The number of aliphatic imine (C=N–C) groups is 1. The number of piperidine rings is 1. The number of aromatic nitrogens is 1. The van der Waals surface area contributed by atoms with Gasteiger partial charge in [0.2, 0.25) is 0 Å². The van der Waals surface area contributed by atoms with Crippen LogP contribution in [0.25, 0.3) is 0 Å². The lowest BCUT2D eigenvalue weighted by atomic mass is 9.99. The van der Waals surface area contributed by atoms with E-state index in [-0.39, 0.29) is 0 Å². The van der Waals surface area contributed by atoms with Crippen molar-refractivity contribution in [3.05, 3.63) is 15.6 Å². The topological polar surface area (TPSA) is 52.6 Å². The Balaban J connectivity index is 1.72. The van der Waals surface area contributed by atoms with Gasteiger partial charge in [-0.3, -0.25) is 0 Å². The maximum atomic E-state index is 4.70. The minimum absolute atomic E-state index is 0.705. The number of rotatable bonds is 7. The molecule has 2 rings (SSSR count). The summed E-state index contributed by atoms with van der Waals surface area (Å²) in [6.07, 6.45) is 3.87. The molecule has 0 unspecified atom stereocenters. The number of hydrogen-bond acceptors (Lipinski definition) is 4. The van der Waals surface area contributed by atoms with E-state index in [0.717, 1.165) is 42.1 Å². The second-order valence-electron chi connectivity index (χ2n) is 6.74. The van der Waals surface area contributed by atoms with E-state index in [1.54, 1.807) is 11.3 Å². The van der Waals surface area contributed by atoms with E-state index < -0.39 is 0 Å². The second kappa shape index (κ2) is 9.99. The van der Waals surface area contributed by atoms with Gasteiger partial charge in [-0.05, 0) is 65.6 Å². The van der Waals surface area contributed by atoms with Gasteiger partial charge in [0.15, 0.2) is 5.96 Å². The van der Waals surface area contributed by atoms with Crippen LogP contribution >= 0.6 is 11.3 Å². The van der Waals surface area contributed by atoms with Crippen molar-refractivity contribution < 1.29 is 0 Å². The summed E-state index contributed by atoms with van der Waals surface area (Å²) in [6, 6.07) is 0. The normalized spacial score (nSPS) is 17.2. The van der Waals surface area contributed by atoms with Gasteiger partial charge in [0.25, 0.3) is 0 Å². The molecule has 0 aliphatic carbocycles. The van der Waals surface area contributed by atoms with Crippen molar-refractivity contribution in [3.8, 4) is 0 Å². The zero-order valence-electron chi connectivity index (χ0n) is 15.7. The molecule has 0 aromatic carbocycles. The van der Waals surface area contributed by atoms with Crippen LogP contribution in [-0.4, -0.2) is 48.6 Å². The molecule has 0 amide bonds. The lowest BCUT2D eigenvalue weighted by Gasteiger charge is -2.30. The van der Waals surface area contributed by atoms with E-state index in [4.69, 9.17) is 4.99 Å². The zero-order valence-corrected chi connectivity index (χ0v) is 16.5. The van der Waals surface area contributed by atoms with Gasteiger partial charge in [-0.1, -0.05) is 6.92 Å². The maximum absolute atomic E-state index is 4.70. The summed E-state index contributed by atoms with van der Waals surface area (Å²) in [5, 5.41) is 7.91.